The molecule has 0 aromatic heterocycles. The zero-order valence-corrected chi connectivity index (χ0v) is 11.7. The first kappa shape index (κ1) is 14.1. The van der Waals surface area contributed by atoms with E-state index in [9.17, 15) is 4.79 Å². The van der Waals surface area contributed by atoms with Crippen LogP contribution in [0.2, 0.25) is 0 Å². The summed E-state index contributed by atoms with van der Waals surface area (Å²) in [6.45, 7) is 2.56. The van der Waals surface area contributed by atoms with Crippen LogP contribution in [-0.2, 0) is 6.42 Å². The molecule has 0 aliphatic rings. The largest absolute Gasteiger partial charge is 0.398 e. The van der Waals surface area contributed by atoms with E-state index in [1.165, 1.54) is 5.56 Å². The summed E-state index contributed by atoms with van der Waals surface area (Å²) in [7, 11) is 0. The molecule has 104 valence electrons. The Morgan fingerprint density at radius 1 is 1.10 bits per heavy atom. The van der Waals surface area contributed by atoms with Gasteiger partial charge in [0.2, 0.25) is 0 Å². The molecule has 1 amide bonds. The summed E-state index contributed by atoms with van der Waals surface area (Å²) in [6, 6.07) is 15.8. The highest BCUT2D eigenvalue weighted by molar-refractivity contribution is 5.99. The van der Waals surface area contributed by atoms with Gasteiger partial charge in [-0.25, -0.2) is 0 Å². The molecule has 0 fully saturated rings. The van der Waals surface area contributed by atoms with Gasteiger partial charge in [0.25, 0.3) is 5.91 Å². The van der Waals surface area contributed by atoms with Gasteiger partial charge in [-0.3, -0.25) is 4.79 Å². The fraction of sp³-hybridized carbons (Fsp3) is 0.235. The minimum atomic E-state index is -0.0979. The second-order valence-corrected chi connectivity index (χ2v) is 4.88. The summed E-state index contributed by atoms with van der Waals surface area (Å²) < 4.78 is 0. The Balaban J connectivity index is 1.82. The molecule has 0 radical (unpaired) electrons. The zero-order valence-electron chi connectivity index (χ0n) is 11.7. The summed E-state index contributed by atoms with van der Waals surface area (Å²) in [5.74, 6) is -0.0979. The van der Waals surface area contributed by atoms with Crippen molar-refractivity contribution < 1.29 is 4.79 Å². The van der Waals surface area contributed by atoms with Gasteiger partial charge in [-0.15, -0.1) is 0 Å². The molecular formula is C17H20N2O. The molecular weight excluding hydrogens is 248 g/mol. The van der Waals surface area contributed by atoms with Gasteiger partial charge in [0, 0.05) is 12.2 Å². The van der Waals surface area contributed by atoms with E-state index in [4.69, 9.17) is 5.73 Å². The Bertz CT molecular complexity index is 579. The van der Waals surface area contributed by atoms with Gasteiger partial charge in [-0.2, -0.15) is 0 Å². The molecule has 3 heteroatoms. The van der Waals surface area contributed by atoms with Crippen LogP contribution in [-0.4, -0.2) is 12.5 Å². The van der Waals surface area contributed by atoms with E-state index in [0.717, 1.165) is 18.4 Å². The molecule has 0 atom stereocenters. The minimum absolute atomic E-state index is 0.0979. The van der Waals surface area contributed by atoms with Crippen LogP contribution in [0.3, 0.4) is 0 Å². The van der Waals surface area contributed by atoms with Crippen molar-refractivity contribution in [3.63, 3.8) is 0 Å². The van der Waals surface area contributed by atoms with Crippen molar-refractivity contribution in [3.05, 3.63) is 65.2 Å². The number of benzene rings is 2. The quantitative estimate of drug-likeness (QED) is 0.647. The third-order valence-electron chi connectivity index (χ3n) is 3.34. The van der Waals surface area contributed by atoms with Crippen LogP contribution < -0.4 is 11.1 Å². The van der Waals surface area contributed by atoms with E-state index in [-0.39, 0.29) is 5.91 Å². The Kier molecular flexibility index (Phi) is 4.77. The van der Waals surface area contributed by atoms with Gasteiger partial charge in [-0.05, 0) is 37.0 Å². The Morgan fingerprint density at radius 2 is 1.85 bits per heavy atom. The number of nitrogens with two attached hydrogens (primary N) is 1. The van der Waals surface area contributed by atoms with Crippen LogP contribution in [0.1, 0.15) is 27.9 Å². The maximum atomic E-state index is 12.0. The second-order valence-electron chi connectivity index (χ2n) is 4.88. The number of anilines is 1. The normalized spacial score (nSPS) is 10.2. The highest BCUT2D eigenvalue weighted by Gasteiger charge is 2.09. The number of nitrogen functional groups attached to an aromatic ring is 1. The van der Waals surface area contributed by atoms with E-state index >= 15 is 0 Å². The molecule has 3 nitrogen and oxygen atoms in total. The van der Waals surface area contributed by atoms with Gasteiger partial charge in [0.1, 0.15) is 0 Å². The number of hydrogen-bond donors (Lipinski definition) is 2. The summed E-state index contributed by atoms with van der Waals surface area (Å²) in [5, 5.41) is 2.92. The Hall–Kier alpha value is -2.29. The fourth-order valence-corrected chi connectivity index (χ4v) is 2.11. The molecule has 0 unspecified atom stereocenters. The summed E-state index contributed by atoms with van der Waals surface area (Å²) in [4.78, 5) is 12.0. The van der Waals surface area contributed by atoms with E-state index in [1.807, 2.05) is 37.3 Å². The molecule has 3 N–H and O–H groups in total. The number of hydrogen-bond acceptors (Lipinski definition) is 2. The molecule has 0 saturated heterocycles. The number of aryl methyl sites for hydroxylation is 2. The van der Waals surface area contributed by atoms with Crippen LogP contribution >= 0.6 is 0 Å². The Morgan fingerprint density at radius 3 is 2.60 bits per heavy atom. The fourth-order valence-electron chi connectivity index (χ4n) is 2.11. The van der Waals surface area contributed by atoms with Crippen LogP contribution in [0.15, 0.2) is 48.5 Å². The van der Waals surface area contributed by atoms with Crippen LogP contribution in [0.25, 0.3) is 0 Å². The van der Waals surface area contributed by atoms with Crippen molar-refractivity contribution in [2.24, 2.45) is 0 Å². The number of para-hydroxylation sites is 1. The number of carbonyl (C=O) groups is 1. The van der Waals surface area contributed by atoms with Gasteiger partial charge in [0.05, 0.1) is 5.56 Å². The lowest BCUT2D eigenvalue weighted by Crippen LogP contribution is -2.25. The molecule has 0 bridgehead atoms. The zero-order chi connectivity index (χ0) is 14.4. The summed E-state index contributed by atoms with van der Waals surface area (Å²) in [6.07, 6.45) is 1.88. The first-order chi connectivity index (χ1) is 9.68. The first-order valence-electron chi connectivity index (χ1n) is 6.85. The van der Waals surface area contributed by atoms with Crippen molar-refractivity contribution in [1.82, 2.24) is 5.32 Å². The number of carbonyl (C=O) groups excluding carboxylic acids is 1. The van der Waals surface area contributed by atoms with Gasteiger partial charge in [0.15, 0.2) is 0 Å². The standard InChI is InChI=1S/C17H20N2O/c1-13-7-5-11-15(16(13)18)17(20)19-12-6-10-14-8-3-2-4-9-14/h2-5,7-9,11H,6,10,12,18H2,1H3,(H,19,20). The van der Waals surface area contributed by atoms with Crippen molar-refractivity contribution in [2.75, 3.05) is 12.3 Å². The lowest BCUT2D eigenvalue weighted by molar-refractivity contribution is 0.0954. The maximum Gasteiger partial charge on any atom is 0.253 e. The lowest BCUT2D eigenvalue weighted by atomic mass is 10.1. The third kappa shape index (κ3) is 3.60. The molecule has 20 heavy (non-hydrogen) atoms. The monoisotopic (exact) mass is 268 g/mol. The lowest BCUT2D eigenvalue weighted by Gasteiger charge is -2.09. The van der Waals surface area contributed by atoms with Crippen molar-refractivity contribution in [1.29, 1.82) is 0 Å². The number of nitrogens with one attached hydrogen (secondary N) is 1. The van der Waals surface area contributed by atoms with E-state index in [2.05, 4.69) is 17.4 Å². The average molecular weight is 268 g/mol. The van der Waals surface area contributed by atoms with E-state index in [0.29, 0.717) is 17.8 Å². The SMILES string of the molecule is Cc1cccc(C(=O)NCCCc2ccccc2)c1N. The van der Waals surface area contributed by atoms with Gasteiger partial charge >= 0.3 is 0 Å². The summed E-state index contributed by atoms with van der Waals surface area (Å²) in [5.41, 5.74) is 9.26. The molecule has 2 rings (SSSR count). The molecule has 0 saturated carbocycles. The van der Waals surface area contributed by atoms with Crippen molar-refractivity contribution in [3.8, 4) is 0 Å². The number of rotatable bonds is 5. The van der Waals surface area contributed by atoms with Gasteiger partial charge in [-0.1, -0.05) is 42.5 Å². The molecule has 2 aromatic carbocycles. The predicted octanol–water partition coefficient (Wildman–Crippen LogP) is 2.94. The second kappa shape index (κ2) is 6.75. The maximum absolute atomic E-state index is 12.0. The van der Waals surface area contributed by atoms with Gasteiger partial charge < -0.3 is 11.1 Å². The molecule has 0 heterocycles. The minimum Gasteiger partial charge on any atom is -0.398 e. The smallest absolute Gasteiger partial charge is 0.253 e. The average Bonchev–Trinajstić information content (AvgIpc) is 2.47. The number of amides is 1. The topological polar surface area (TPSA) is 55.1 Å². The van der Waals surface area contributed by atoms with E-state index < -0.39 is 0 Å². The van der Waals surface area contributed by atoms with Crippen LogP contribution in [0.4, 0.5) is 5.69 Å². The molecule has 0 aliphatic heterocycles. The van der Waals surface area contributed by atoms with E-state index in [1.54, 1.807) is 6.07 Å². The van der Waals surface area contributed by atoms with Crippen LogP contribution in [0.5, 0.6) is 0 Å². The molecule has 2 aromatic rings. The Labute approximate surface area is 119 Å². The highest BCUT2D eigenvalue weighted by atomic mass is 16.1. The van der Waals surface area contributed by atoms with Crippen molar-refractivity contribution in [2.45, 2.75) is 19.8 Å². The highest BCUT2D eigenvalue weighted by Crippen LogP contribution is 2.16. The van der Waals surface area contributed by atoms with Crippen LogP contribution in [0, 0.1) is 6.92 Å². The molecule has 0 aliphatic carbocycles. The predicted molar refractivity (Wildman–Crippen MR) is 82.7 cm³/mol. The third-order valence-corrected chi connectivity index (χ3v) is 3.34. The van der Waals surface area contributed by atoms with Crippen molar-refractivity contribution >= 4 is 11.6 Å². The summed E-state index contributed by atoms with van der Waals surface area (Å²) >= 11 is 0. The first-order valence-corrected chi connectivity index (χ1v) is 6.85. The molecule has 0 spiro atoms.